The van der Waals surface area contributed by atoms with Gasteiger partial charge in [-0.2, -0.15) is 0 Å². The molecule has 0 radical (unpaired) electrons. The minimum absolute atomic E-state index is 0.0481. The van der Waals surface area contributed by atoms with Crippen LogP contribution in [0.2, 0.25) is 5.02 Å². The molecule has 2 aromatic carbocycles. The van der Waals surface area contributed by atoms with E-state index in [1.807, 2.05) is 6.07 Å². The zero-order chi connectivity index (χ0) is 14.1. The van der Waals surface area contributed by atoms with Gasteiger partial charge >= 0.3 is 0 Å². The van der Waals surface area contributed by atoms with Crippen LogP contribution < -0.4 is 5.32 Å². The molecule has 0 aliphatic heterocycles. The Morgan fingerprint density at radius 2 is 1.95 bits per heavy atom. The zero-order valence-corrected chi connectivity index (χ0v) is 10.9. The molecule has 1 heterocycles. The number of nitrogens with one attached hydrogen (secondary N) is 2. The predicted octanol–water partition coefficient (Wildman–Crippen LogP) is 3.87. The first-order valence-electron chi connectivity index (χ1n) is 5.78. The van der Waals surface area contributed by atoms with Crippen LogP contribution in [0, 0.1) is 10.1 Å². The molecule has 7 heteroatoms. The lowest BCUT2D eigenvalue weighted by atomic mass is 10.3. The lowest BCUT2D eigenvalue weighted by Crippen LogP contribution is -1.93. The Morgan fingerprint density at radius 1 is 1.20 bits per heavy atom. The summed E-state index contributed by atoms with van der Waals surface area (Å²) in [7, 11) is 0. The molecule has 0 atom stereocenters. The van der Waals surface area contributed by atoms with Gasteiger partial charge in [0.05, 0.1) is 16.0 Å². The average Bonchev–Trinajstić information content (AvgIpc) is 2.80. The largest absolute Gasteiger partial charge is 0.326 e. The van der Waals surface area contributed by atoms with Crippen molar-refractivity contribution >= 4 is 40.0 Å². The number of halogens is 1. The number of benzene rings is 2. The fourth-order valence-electron chi connectivity index (χ4n) is 1.84. The lowest BCUT2D eigenvalue weighted by Gasteiger charge is -2.01. The van der Waals surface area contributed by atoms with Crippen molar-refractivity contribution in [1.29, 1.82) is 0 Å². The molecule has 0 spiro atoms. The number of hydrogen-bond donors (Lipinski definition) is 2. The fraction of sp³-hybridized carbons (Fsp3) is 0. The third-order valence-electron chi connectivity index (χ3n) is 2.78. The number of imidazole rings is 1. The number of rotatable bonds is 3. The average molecular weight is 289 g/mol. The molecule has 0 amide bonds. The van der Waals surface area contributed by atoms with Crippen LogP contribution in [0.1, 0.15) is 0 Å². The molecule has 0 bridgehead atoms. The summed E-state index contributed by atoms with van der Waals surface area (Å²) in [5, 5.41) is 14.2. The van der Waals surface area contributed by atoms with Gasteiger partial charge < -0.3 is 10.3 Å². The van der Waals surface area contributed by atoms with E-state index in [2.05, 4.69) is 15.3 Å². The van der Waals surface area contributed by atoms with E-state index in [-0.39, 0.29) is 5.69 Å². The van der Waals surface area contributed by atoms with Crippen LogP contribution in [0.3, 0.4) is 0 Å². The Kier molecular flexibility index (Phi) is 3.00. The molecule has 3 aromatic rings. The summed E-state index contributed by atoms with van der Waals surface area (Å²) in [5.41, 5.74) is 2.37. The van der Waals surface area contributed by atoms with E-state index >= 15 is 0 Å². The topological polar surface area (TPSA) is 83.8 Å². The standard InChI is InChI=1S/C13H9ClN4O2/c14-8-1-6-11-12(7-8)17-13(16-11)15-9-2-4-10(5-3-9)18(19)20/h1-7H,(H2,15,16,17). The number of aromatic amines is 1. The third kappa shape index (κ3) is 2.41. The predicted molar refractivity (Wildman–Crippen MR) is 77.5 cm³/mol. The van der Waals surface area contributed by atoms with Gasteiger partial charge in [0.2, 0.25) is 5.95 Å². The molecule has 6 nitrogen and oxygen atoms in total. The number of nitrogens with zero attached hydrogens (tertiary/aromatic N) is 2. The van der Waals surface area contributed by atoms with Crippen molar-refractivity contribution < 1.29 is 4.92 Å². The van der Waals surface area contributed by atoms with Gasteiger partial charge in [0.1, 0.15) is 0 Å². The molecule has 0 fully saturated rings. The Bertz CT molecular complexity index is 783. The second-order valence-electron chi connectivity index (χ2n) is 4.18. The van der Waals surface area contributed by atoms with Crippen LogP contribution in [0.15, 0.2) is 42.5 Å². The van der Waals surface area contributed by atoms with Gasteiger partial charge in [-0.25, -0.2) is 4.98 Å². The van der Waals surface area contributed by atoms with Crippen molar-refractivity contribution in [2.75, 3.05) is 5.32 Å². The molecule has 1 aromatic heterocycles. The van der Waals surface area contributed by atoms with E-state index < -0.39 is 4.92 Å². The highest BCUT2D eigenvalue weighted by Gasteiger charge is 2.06. The first kappa shape index (κ1) is 12.4. The van der Waals surface area contributed by atoms with Crippen LogP contribution in [0.4, 0.5) is 17.3 Å². The van der Waals surface area contributed by atoms with Crippen molar-refractivity contribution in [3.63, 3.8) is 0 Å². The van der Waals surface area contributed by atoms with Gasteiger partial charge in [0.15, 0.2) is 0 Å². The number of fused-ring (bicyclic) bond motifs is 1. The molecule has 0 unspecified atom stereocenters. The van der Waals surface area contributed by atoms with Gasteiger partial charge in [0.25, 0.3) is 5.69 Å². The summed E-state index contributed by atoms with van der Waals surface area (Å²) < 4.78 is 0. The van der Waals surface area contributed by atoms with Gasteiger partial charge in [-0.1, -0.05) is 11.6 Å². The fourth-order valence-corrected chi connectivity index (χ4v) is 2.02. The van der Waals surface area contributed by atoms with E-state index in [9.17, 15) is 10.1 Å². The Balaban J connectivity index is 1.87. The number of hydrogen-bond acceptors (Lipinski definition) is 4. The number of anilines is 2. The SMILES string of the molecule is O=[N+]([O-])c1ccc(Nc2nc3ccc(Cl)cc3[nH]2)cc1. The maximum absolute atomic E-state index is 10.6. The van der Waals surface area contributed by atoms with Crippen LogP contribution in [0.25, 0.3) is 11.0 Å². The molecular formula is C13H9ClN4O2. The summed E-state index contributed by atoms with van der Waals surface area (Å²) in [4.78, 5) is 17.6. The van der Waals surface area contributed by atoms with Crippen LogP contribution in [0.5, 0.6) is 0 Å². The molecule has 0 saturated carbocycles. The van der Waals surface area contributed by atoms with Gasteiger partial charge in [-0.15, -0.1) is 0 Å². The summed E-state index contributed by atoms with van der Waals surface area (Å²) in [6.45, 7) is 0. The highest BCUT2D eigenvalue weighted by molar-refractivity contribution is 6.31. The summed E-state index contributed by atoms with van der Waals surface area (Å²) in [5.74, 6) is 0.552. The van der Waals surface area contributed by atoms with Crippen molar-refractivity contribution in [2.45, 2.75) is 0 Å². The smallest absolute Gasteiger partial charge is 0.269 e. The third-order valence-corrected chi connectivity index (χ3v) is 3.02. The zero-order valence-electron chi connectivity index (χ0n) is 10.1. The number of aromatic nitrogens is 2. The second kappa shape index (κ2) is 4.82. The number of non-ortho nitro benzene ring substituents is 1. The monoisotopic (exact) mass is 288 g/mol. The minimum atomic E-state index is -0.438. The van der Waals surface area contributed by atoms with Gasteiger partial charge in [-0.3, -0.25) is 10.1 Å². The molecule has 0 aliphatic carbocycles. The first-order chi connectivity index (χ1) is 9.61. The van der Waals surface area contributed by atoms with Crippen molar-refractivity contribution in [3.8, 4) is 0 Å². The quantitative estimate of drug-likeness (QED) is 0.566. The van der Waals surface area contributed by atoms with E-state index in [0.29, 0.717) is 16.7 Å². The molecular weight excluding hydrogens is 280 g/mol. The van der Waals surface area contributed by atoms with Crippen LogP contribution in [-0.4, -0.2) is 14.9 Å². The van der Waals surface area contributed by atoms with E-state index in [1.165, 1.54) is 12.1 Å². The van der Waals surface area contributed by atoms with E-state index in [0.717, 1.165) is 11.0 Å². The first-order valence-corrected chi connectivity index (χ1v) is 6.16. The van der Waals surface area contributed by atoms with Gasteiger partial charge in [0, 0.05) is 22.8 Å². The molecule has 2 N–H and O–H groups in total. The second-order valence-corrected chi connectivity index (χ2v) is 4.61. The molecule has 3 rings (SSSR count). The van der Waals surface area contributed by atoms with Crippen molar-refractivity contribution in [3.05, 3.63) is 57.6 Å². The summed E-state index contributed by atoms with van der Waals surface area (Å²) in [6.07, 6.45) is 0. The number of H-pyrrole nitrogens is 1. The molecule has 0 aliphatic rings. The molecule has 100 valence electrons. The van der Waals surface area contributed by atoms with Crippen molar-refractivity contribution in [1.82, 2.24) is 9.97 Å². The van der Waals surface area contributed by atoms with Crippen LogP contribution in [-0.2, 0) is 0 Å². The van der Waals surface area contributed by atoms with Gasteiger partial charge in [-0.05, 0) is 30.3 Å². The molecule has 20 heavy (non-hydrogen) atoms. The Morgan fingerprint density at radius 3 is 2.65 bits per heavy atom. The van der Waals surface area contributed by atoms with Crippen molar-refractivity contribution in [2.24, 2.45) is 0 Å². The van der Waals surface area contributed by atoms with E-state index in [4.69, 9.17) is 11.6 Å². The van der Waals surface area contributed by atoms with E-state index in [1.54, 1.807) is 24.3 Å². The number of nitro groups is 1. The highest BCUT2D eigenvalue weighted by atomic mass is 35.5. The normalized spacial score (nSPS) is 10.7. The van der Waals surface area contributed by atoms with Crippen LogP contribution >= 0.6 is 11.6 Å². The minimum Gasteiger partial charge on any atom is -0.326 e. The maximum atomic E-state index is 10.6. The summed E-state index contributed by atoms with van der Waals surface area (Å²) in [6, 6.07) is 11.5. The highest BCUT2D eigenvalue weighted by Crippen LogP contribution is 2.22. The number of nitro benzene ring substituents is 1. The lowest BCUT2D eigenvalue weighted by molar-refractivity contribution is -0.384. The molecule has 0 saturated heterocycles. The Hall–Kier alpha value is -2.60. The Labute approximate surface area is 118 Å². The maximum Gasteiger partial charge on any atom is 0.269 e. The summed E-state index contributed by atoms with van der Waals surface area (Å²) >= 11 is 5.90.